The van der Waals surface area contributed by atoms with E-state index < -0.39 is 0 Å². The summed E-state index contributed by atoms with van der Waals surface area (Å²) in [5, 5.41) is 0. The summed E-state index contributed by atoms with van der Waals surface area (Å²) in [7, 11) is 0. The molecule has 0 heterocycles. The maximum absolute atomic E-state index is 12.1. The fraction of sp³-hybridized carbons (Fsp3) is 0.438. The second-order valence-corrected chi connectivity index (χ2v) is 6.22. The zero-order valence-electron chi connectivity index (χ0n) is 11.0. The van der Waals surface area contributed by atoms with Crippen LogP contribution in [0, 0.1) is 17.8 Å². The van der Waals surface area contributed by atoms with Crippen LogP contribution in [0.2, 0.25) is 0 Å². The third-order valence-electron chi connectivity index (χ3n) is 4.12. The first-order valence-electron chi connectivity index (χ1n) is 6.74. The Morgan fingerprint density at radius 3 is 2.63 bits per heavy atom. The van der Waals surface area contributed by atoms with Gasteiger partial charge in [-0.2, -0.15) is 0 Å². The smallest absolute Gasteiger partial charge is 0.309 e. The Hall–Kier alpha value is -1.22. The molecule has 19 heavy (non-hydrogen) atoms. The fourth-order valence-electron chi connectivity index (χ4n) is 3.03. The highest BCUT2D eigenvalue weighted by molar-refractivity contribution is 7.98. The van der Waals surface area contributed by atoms with E-state index in [1.54, 1.807) is 11.8 Å². The molecule has 2 bridgehead atoms. The normalized spacial score (nSPS) is 27.7. The van der Waals surface area contributed by atoms with Gasteiger partial charge in [0, 0.05) is 4.90 Å². The van der Waals surface area contributed by atoms with Gasteiger partial charge in [-0.25, -0.2) is 0 Å². The minimum atomic E-state index is -0.0224. The van der Waals surface area contributed by atoms with Crippen LogP contribution >= 0.6 is 11.8 Å². The van der Waals surface area contributed by atoms with Crippen LogP contribution in [0.3, 0.4) is 0 Å². The van der Waals surface area contributed by atoms with E-state index >= 15 is 0 Å². The number of fused-ring (bicyclic) bond motifs is 2. The Kier molecular flexibility index (Phi) is 3.65. The van der Waals surface area contributed by atoms with Crippen molar-refractivity contribution in [2.45, 2.75) is 24.3 Å². The SMILES string of the molecule is CSc1ccc(COC(=O)C2CC3C=CC2C3)cc1. The van der Waals surface area contributed by atoms with Crippen molar-refractivity contribution < 1.29 is 9.53 Å². The number of esters is 1. The Balaban J connectivity index is 1.54. The molecule has 100 valence electrons. The molecule has 0 aromatic heterocycles. The summed E-state index contributed by atoms with van der Waals surface area (Å²) >= 11 is 1.72. The Morgan fingerprint density at radius 2 is 2.05 bits per heavy atom. The number of hydrogen-bond acceptors (Lipinski definition) is 3. The maximum atomic E-state index is 12.1. The van der Waals surface area contributed by atoms with Gasteiger partial charge in [0.25, 0.3) is 0 Å². The lowest BCUT2D eigenvalue weighted by molar-refractivity contribution is -0.150. The number of allylic oxidation sites excluding steroid dienone is 2. The molecule has 3 atom stereocenters. The number of carbonyl (C=O) groups is 1. The van der Waals surface area contributed by atoms with Crippen LogP contribution < -0.4 is 0 Å². The molecule has 1 fully saturated rings. The van der Waals surface area contributed by atoms with Gasteiger partial charge >= 0.3 is 5.97 Å². The first-order valence-corrected chi connectivity index (χ1v) is 7.96. The lowest BCUT2D eigenvalue weighted by Gasteiger charge is -2.16. The molecule has 1 saturated carbocycles. The van der Waals surface area contributed by atoms with Crippen LogP contribution in [-0.4, -0.2) is 12.2 Å². The lowest BCUT2D eigenvalue weighted by Crippen LogP contribution is -2.21. The molecule has 0 N–H and O–H groups in total. The van der Waals surface area contributed by atoms with E-state index in [9.17, 15) is 4.79 Å². The van der Waals surface area contributed by atoms with Crippen molar-refractivity contribution in [3.05, 3.63) is 42.0 Å². The lowest BCUT2D eigenvalue weighted by atomic mass is 9.94. The number of hydrogen-bond donors (Lipinski definition) is 0. The van der Waals surface area contributed by atoms with E-state index in [2.05, 4.69) is 30.5 Å². The van der Waals surface area contributed by atoms with Gasteiger partial charge in [0.1, 0.15) is 6.61 Å². The fourth-order valence-corrected chi connectivity index (χ4v) is 3.44. The highest BCUT2D eigenvalue weighted by Gasteiger charge is 2.40. The van der Waals surface area contributed by atoms with Gasteiger partial charge in [-0.15, -0.1) is 11.8 Å². The molecule has 0 saturated heterocycles. The number of ether oxygens (including phenoxy) is 1. The zero-order chi connectivity index (χ0) is 13.2. The quantitative estimate of drug-likeness (QED) is 0.476. The molecule has 0 aliphatic heterocycles. The number of rotatable bonds is 4. The molecule has 3 rings (SSSR count). The molecule has 0 amide bonds. The average Bonchev–Trinajstić information content (AvgIpc) is 3.08. The van der Waals surface area contributed by atoms with Gasteiger partial charge in [0.15, 0.2) is 0 Å². The third-order valence-corrected chi connectivity index (χ3v) is 4.87. The van der Waals surface area contributed by atoms with E-state index in [0.29, 0.717) is 18.4 Å². The molecular weight excluding hydrogens is 256 g/mol. The van der Waals surface area contributed by atoms with Crippen molar-refractivity contribution in [1.82, 2.24) is 0 Å². The molecule has 2 aliphatic rings. The first-order chi connectivity index (χ1) is 9.26. The molecule has 3 unspecified atom stereocenters. The van der Waals surface area contributed by atoms with Crippen molar-refractivity contribution in [2.75, 3.05) is 6.26 Å². The summed E-state index contributed by atoms with van der Waals surface area (Å²) in [6, 6.07) is 8.18. The third kappa shape index (κ3) is 2.71. The highest BCUT2D eigenvalue weighted by Crippen LogP contribution is 2.43. The van der Waals surface area contributed by atoms with Crippen molar-refractivity contribution in [1.29, 1.82) is 0 Å². The summed E-state index contributed by atoms with van der Waals surface area (Å²) in [4.78, 5) is 13.3. The number of thioether (sulfide) groups is 1. The minimum absolute atomic E-state index is 0.0224. The molecular formula is C16H18O2S. The van der Waals surface area contributed by atoms with Crippen molar-refractivity contribution in [3.63, 3.8) is 0 Å². The predicted molar refractivity (Wildman–Crippen MR) is 76.9 cm³/mol. The van der Waals surface area contributed by atoms with E-state index in [-0.39, 0.29) is 11.9 Å². The van der Waals surface area contributed by atoms with Crippen molar-refractivity contribution in [3.8, 4) is 0 Å². The Morgan fingerprint density at radius 1 is 1.26 bits per heavy atom. The Labute approximate surface area is 118 Å². The molecule has 0 radical (unpaired) electrons. The topological polar surface area (TPSA) is 26.3 Å². The zero-order valence-corrected chi connectivity index (χ0v) is 11.9. The van der Waals surface area contributed by atoms with Crippen LogP contribution in [-0.2, 0) is 16.1 Å². The average molecular weight is 274 g/mol. The summed E-state index contributed by atoms with van der Waals surface area (Å²) < 4.78 is 5.46. The van der Waals surface area contributed by atoms with Crippen LogP contribution in [0.4, 0.5) is 0 Å². The van der Waals surface area contributed by atoms with Gasteiger partial charge in [-0.1, -0.05) is 24.3 Å². The van der Waals surface area contributed by atoms with Crippen LogP contribution in [0.15, 0.2) is 41.3 Å². The van der Waals surface area contributed by atoms with Gasteiger partial charge in [0.2, 0.25) is 0 Å². The summed E-state index contributed by atoms with van der Waals surface area (Å²) in [5.41, 5.74) is 1.06. The molecule has 3 heteroatoms. The largest absolute Gasteiger partial charge is 0.461 e. The standard InChI is InChI=1S/C16H18O2S/c1-19-14-6-3-11(4-7-14)10-18-16(17)15-9-12-2-5-13(15)8-12/h2-7,12-13,15H,8-10H2,1H3. The van der Waals surface area contributed by atoms with Crippen LogP contribution in [0.5, 0.6) is 0 Å². The van der Waals surface area contributed by atoms with Crippen LogP contribution in [0.25, 0.3) is 0 Å². The first kappa shape index (κ1) is 12.8. The monoisotopic (exact) mass is 274 g/mol. The highest BCUT2D eigenvalue weighted by atomic mass is 32.2. The second-order valence-electron chi connectivity index (χ2n) is 5.34. The number of benzene rings is 1. The van der Waals surface area contributed by atoms with E-state index in [1.165, 1.54) is 4.90 Å². The summed E-state index contributed by atoms with van der Waals surface area (Å²) in [5.74, 6) is 1.12. The van der Waals surface area contributed by atoms with Gasteiger partial charge in [0.05, 0.1) is 5.92 Å². The molecule has 2 nitrogen and oxygen atoms in total. The van der Waals surface area contributed by atoms with Crippen molar-refractivity contribution >= 4 is 17.7 Å². The van der Waals surface area contributed by atoms with Gasteiger partial charge in [-0.05, 0) is 48.6 Å². The molecule has 1 aromatic rings. The van der Waals surface area contributed by atoms with Crippen molar-refractivity contribution in [2.24, 2.45) is 17.8 Å². The van der Waals surface area contributed by atoms with E-state index in [4.69, 9.17) is 4.74 Å². The molecule has 1 aromatic carbocycles. The maximum Gasteiger partial charge on any atom is 0.309 e. The molecule has 0 spiro atoms. The minimum Gasteiger partial charge on any atom is -0.461 e. The van der Waals surface area contributed by atoms with Crippen LogP contribution in [0.1, 0.15) is 18.4 Å². The molecule has 2 aliphatic carbocycles. The van der Waals surface area contributed by atoms with Gasteiger partial charge < -0.3 is 4.74 Å². The Bertz CT molecular complexity index is 492. The van der Waals surface area contributed by atoms with E-state index in [1.807, 2.05) is 12.1 Å². The van der Waals surface area contributed by atoms with E-state index in [0.717, 1.165) is 18.4 Å². The summed E-state index contributed by atoms with van der Waals surface area (Å²) in [6.45, 7) is 0.394. The predicted octanol–water partition coefficient (Wildman–Crippen LogP) is 3.66. The summed E-state index contributed by atoms with van der Waals surface area (Å²) in [6.07, 6.45) is 8.61. The second kappa shape index (κ2) is 5.41. The number of carbonyl (C=O) groups excluding carboxylic acids is 1. The van der Waals surface area contributed by atoms with Gasteiger partial charge in [-0.3, -0.25) is 4.79 Å².